The van der Waals surface area contributed by atoms with E-state index in [0.717, 1.165) is 6.42 Å². The zero-order valence-electron chi connectivity index (χ0n) is 14.3. The summed E-state index contributed by atoms with van der Waals surface area (Å²) in [6, 6.07) is 5.53. The maximum atomic E-state index is 12.5. The molecule has 1 fully saturated rings. The topological polar surface area (TPSA) is 86.7 Å². The van der Waals surface area contributed by atoms with E-state index in [4.69, 9.17) is 5.11 Å². The van der Waals surface area contributed by atoms with Gasteiger partial charge in [-0.25, -0.2) is 4.79 Å². The molecule has 1 aliphatic rings. The molecule has 1 heterocycles. The highest BCUT2D eigenvalue weighted by atomic mass is 16.4. The first kappa shape index (κ1) is 18.0. The number of nitrogens with one attached hydrogen (secondary N) is 1. The highest BCUT2D eigenvalue weighted by Crippen LogP contribution is 2.25. The highest BCUT2D eigenvalue weighted by molar-refractivity contribution is 5.98. The van der Waals surface area contributed by atoms with Crippen molar-refractivity contribution in [2.24, 2.45) is 5.41 Å². The molecule has 6 nitrogen and oxygen atoms in total. The van der Waals surface area contributed by atoms with Gasteiger partial charge >= 0.3 is 5.97 Å². The average molecular weight is 332 g/mol. The Morgan fingerprint density at radius 1 is 1.21 bits per heavy atom. The SMILES string of the molecule is CC(C)(C)CC(=O)N1CCCC1C(=O)Nc1ccc(C(=O)O)cc1. The summed E-state index contributed by atoms with van der Waals surface area (Å²) >= 11 is 0. The second kappa shape index (κ2) is 7.03. The van der Waals surface area contributed by atoms with Gasteiger partial charge in [-0.2, -0.15) is 0 Å². The number of amides is 2. The van der Waals surface area contributed by atoms with Crippen LogP contribution in [-0.2, 0) is 9.59 Å². The van der Waals surface area contributed by atoms with Crippen molar-refractivity contribution in [3.8, 4) is 0 Å². The fourth-order valence-corrected chi connectivity index (χ4v) is 2.81. The summed E-state index contributed by atoms with van der Waals surface area (Å²) in [6.07, 6.45) is 1.87. The third-order valence-electron chi connectivity index (χ3n) is 3.96. The van der Waals surface area contributed by atoms with Crippen molar-refractivity contribution >= 4 is 23.5 Å². The second-order valence-electron chi connectivity index (χ2n) is 7.35. The van der Waals surface area contributed by atoms with Gasteiger partial charge in [0.15, 0.2) is 0 Å². The number of anilines is 1. The average Bonchev–Trinajstić information content (AvgIpc) is 2.95. The third-order valence-corrected chi connectivity index (χ3v) is 3.96. The number of carbonyl (C=O) groups is 3. The van der Waals surface area contributed by atoms with E-state index in [9.17, 15) is 14.4 Å². The Morgan fingerprint density at radius 3 is 2.38 bits per heavy atom. The molecule has 6 heteroatoms. The fourth-order valence-electron chi connectivity index (χ4n) is 2.81. The molecule has 1 aromatic carbocycles. The number of carboxylic acid groups (broad SMARTS) is 1. The van der Waals surface area contributed by atoms with Gasteiger partial charge in [0.1, 0.15) is 6.04 Å². The van der Waals surface area contributed by atoms with Crippen LogP contribution in [0.25, 0.3) is 0 Å². The summed E-state index contributed by atoms with van der Waals surface area (Å²) in [5, 5.41) is 11.7. The van der Waals surface area contributed by atoms with Gasteiger partial charge in [0, 0.05) is 18.7 Å². The monoisotopic (exact) mass is 332 g/mol. The van der Waals surface area contributed by atoms with Crippen molar-refractivity contribution in [1.29, 1.82) is 0 Å². The Balaban J connectivity index is 2.02. The van der Waals surface area contributed by atoms with Crippen LogP contribution in [0.5, 0.6) is 0 Å². The van der Waals surface area contributed by atoms with Crippen LogP contribution < -0.4 is 5.32 Å². The molecule has 1 atom stereocenters. The smallest absolute Gasteiger partial charge is 0.335 e. The summed E-state index contributed by atoms with van der Waals surface area (Å²) in [5.74, 6) is -1.23. The number of carbonyl (C=O) groups excluding carboxylic acids is 2. The van der Waals surface area contributed by atoms with Gasteiger partial charge in [-0.15, -0.1) is 0 Å². The highest BCUT2D eigenvalue weighted by Gasteiger charge is 2.35. The largest absolute Gasteiger partial charge is 0.478 e. The van der Waals surface area contributed by atoms with E-state index in [-0.39, 0.29) is 22.8 Å². The van der Waals surface area contributed by atoms with Gasteiger partial charge in [-0.3, -0.25) is 9.59 Å². The van der Waals surface area contributed by atoms with Gasteiger partial charge in [0.25, 0.3) is 0 Å². The number of carboxylic acids is 1. The molecule has 0 radical (unpaired) electrons. The van der Waals surface area contributed by atoms with E-state index >= 15 is 0 Å². The molecule has 0 saturated carbocycles. The van der Waals surface area contributed by atoms with Crippen molar-refractivity contribution < 1.29 is 19.5 Å². The summed E-state index contributed by atoms with van der Waals surface area (Å²) in [7, 11) is 0. The Hall–Kier alpha value is -2.37. The van der Waals surface area contributed by atoms with Crippen molar-refractivity contribution in [2.75, 3.05) is 11.9 Å². The van der Waals surface area contributed by atoms with Crippen LogP contribution in [0.3, 0.4) is 0 Å². The number of hydrogen-bond donors (Lipinski definition) is 2. The van der Waals surface area contributed by atoms with E-state index in [1.54, 1.807) is 17.0 Å². The van der Waals surface area contributed by atoms with Crippen molar-refractivity contribution in [3.63, 3.8) is 0 Å². The van der Waals surface area contributed by atoms with Gasteiger partial charge in [0.2, 0.25) is 11.8 Å². The van der Waals surface area contributed by atoms with Crippen LogP contribution in [-0.4, -0.2) is 40.4 Å². The molecule has 1 unspecified atom stereocenters. The van der Waals surface area contributed by atoms with Crippen LogP contribution in [0.4, 0.5) is 5.69 Å². The lowest BCUT2D eigenvalue weighted by molar-refractivity contribution is -0.138. The lowest BCUT2D eigenvalue weighted by Crippen LogP contribution is -2.44. The zero-order chi connectivity index (χ0) is 17.9. The third kappa shape index (κ3) is 4.57. The molecule has 2 N–H and O–H groups in total. The van der Waals surface area contributed by atoms with E-state index < -0.39 is 12.0 Å². The number of benzene rings is 1. The predicted molar refractivity (Wildman–Crippen MR) is 90.8 cm³/mol. The van der Waals surface area contributed by atoms with Crippen LogP contribution in [0.2, 0.25) is 0 Å². The molecule has 2 rings (SSSR count). The van der Waals surface area contributed by atoms with Gasteiger partial charge < -0.3 is 15.3 Å². The predicted octanol–water partition coefficient (Wildman–Crippen LogP) is 2.75. The normalized spacial score (nSPS) is 17.6. The summed E-state index contributed by atoms with van der Waals surface area (Å²) < 4.78 is 0. The molecule has 24 heavy (non-hydrogen) atoms. The maximum absolute atomic E-state index is 12.5. The minimum atomic E-state index is -1.01. The maximum Gasteiger partial charge on any atom is 0.335 e. The molecule has 0 aromatic heterocycles. The number of likely N-dealkylation sites (tertiary alicyclic amines) is 1. The molecule has 1 aromatic rings. The van der Waals surface area contributed by atoms with Crippen LogP contribution >= 0.6 is 0 Å². The van der Waals surface area contributed by atoms with Crippen molar-refractivity contribution in [1.82, 2.24) is 4.90 Å². The van der Waals surface area contributed by atoms with Gasteiger partial charge in [0.05, 0.1) is 5.56 Å². The minimum absolute atomic E-state index is 0.00127. The van der Waals surface area contributed by atoms with E-state index in [1.807, 2.05) is 20.8 Å². The zero-order valence-corrected chi connectivity index (χ0v) is 14.3. The van der Waals surface area contributed by atoms with Crippen LogP contribution in [0.1, 0.15) is 50.4 Å². The second-order valence-corrected chi connectivity index (χ2v) is 7.35. The molecule has 1 saturated heterocycles. The summed E-state index contributed by atoms with van der Waals surface area (Å²) in [5.41, 5.74) is 0.573. The first-order chi connectivity index (χ1) is 11.2. The van der Waals surface area contributed by atoms with E-state index in [2.05, 4.69) is 5.32 Å². The molecular weight excluding hydrogens is 308 g/mol. The van der Waals surface area contributed by atoms with Crippen molar-refractivity contribution in [2.45, 2.75) is 46.1 Å². The lowest BCUT2D eigenvalue weighted by atomic mass is 9.91. The standard InChI is InChI=1S/C18H24N2O4/c1-18(2,3)11-15(21)20-10-4-5-14(20)16(22)19-13-8-6-12(7-9-13)17(23)24/h6-9,14H,4-5,10-11H2,1-3H3,(H,19,22)(H,23,24). The molecular formula is C18H24N2O4. The summed E-state index contributed by atoms with van der Waals surface area (Å²) in [6.45, 7) is 6.60. The Kier molecular flexibility index (Phi) is 5.26. The van der Waals surface area contributed by atoms with Gasteiger partial charge in [-0.05, 0) is 42.5 Å². The molecule has 0 spiro atoms. The quantitative estimate of drug-likeness (QED) is 0.887. The van der Waals surface area contributed by atoms with E-state index in [0.29, 0.717) is 25.1 Å². The van der Waals surface area contributed by atoms with Crippen molar-refractivity contribution in [3.05, 3.63) is 29.8 Å². The van der Waals surface area contributed by atoms with Crippen LogP contribution in [0, 0.1) is 5.41 Å². The van der Waals surface area contributed by atoms with Gasteiger partial charge in [-0.1, -0.05) is 20.8 Å². The number of aromatic carboxylic acids is 1. The van der Waals surface area contributed by atoms with Crippen LogP contribution in [0.15, 0.2) is 24.3 Å². The number of nitrogens with zero attached hydrogens (tertiary/aromatic N) is 1. The van der Waals surface area contributed by atoms with E-state index in [1.165, 1.54) is 12.1 Å². The first-order valence-electron chi connectivity index (χ1n) is 8.11. The molecule has 2 amide bonds. The fraction of sp³-hybridized carbons (Fsp3) is 0.500. The Bertz CT molecular complexity index is 631. The molecule has 130 valence electrons. The lowest BCUT2D eigenvalue weighted by Gasteiger charge is -2.27. The Labute approximate surface area is 141 Å². The molecule has 1 aliphatic heterocycles. The molecule has 0 bridgehead atoms. The minimum Gasteiger partial charge on any atom is -0.478 e. The Morgan fingerprint density at radius 2 is 1.83 bits per heavy atom. The number of hydrogen-bond acceptors (Lipinski definition) is 3. The molecule has 0 aliphatic carbocycles. The number of rotatable bonds is 4. The first-order valence-corrected chi connectivity index (χ1v) is 8.11. The summed E-state index contributed by atoms with van der Waals surface area (Å²) in [4.78, 5) is 37.4.